The van der Waals surface area contributed by atoms with Crippen LogP contribution in [-0.4, -0.2) is 23.3 Å². The molecule has 0 atom stereocenters. The van der Waals surface area contributed by atoms with E-state index < -0.39 is 7.12 Å². The molecule has 0 aromatic heterocycles. The summed E-state index contributed by atoms with van der Waals surface area (Å²) in [6, 6.07) is 11.5. The van der Waals surface area contributed by atoms with Crippen LogP contribution in [-0.2, 0) is 0 Å². The van der Waals surface area contributed by atoms with Gasteiger partial charge < -0.3 is 14.8 Å². The number of hydrogen-bond donors (Lipinski definition) is 2. The Labute approximate surface area is 125 Å². The predicted octanol–water partition coefficient (Wildman–Crippen LogP) is 2.48. The quantitative estimate of drug-likeness (QED) is 0.851. The topological polar surface area (TPSA) is 49.7 Å². The Bertz CT molecular complexity index is 618. The smallest absolute Gasteiger partial charge is 0.491 e. The molecule has 0 spiro atoms. The SMILES string of the molecule is CC1CCC(Oc2ccc3ccccc3c2B(O)O)CC1. The Kier molecular flexibility index (Phi) is 4.18. The second kappa shape index (κ2) is 6.08. The van der Waals surface area contributed by atoms with Crippen LogP contribution >= 0.6 is 0 Å². The standard InChI is InChI=1S/C17H21BO3/c1-12-6-9-14(10-7-12)21-16-11-8-13-4-2-3-5-15(13)17(16)18(19)20/h2-5,8,11-12,14,19-20H,6-7,9-10H2,1H3. The van der Waals surface area contributed by atoms with Gasteiger partial charge in [0.25, 0.3) is 0 Å². The van der Waals surface area contributed by atoms with Crippen LogP contribution in [0.5, 0.6) is 5.75 Å². The summed E-state index contributed by atoms with van der Waals surface area (Å²) in [6.07, 6.45) is 4.61. The van der Waals surface area contributed by atoms with E-state index in [9.17, 15) is 10.0 Å². The van der Waals surface area contributed by atoms with Crippen LogP contribution < -0.4 is 10.2 Å². The average molecular weight is 284 g/mol. The average Bonchev–Trinajstić information content (AvgIpc) is 2.49. The maximum Gasteiger partial charge on any atom is 0.492 e. The van der Waals surface area contributed by atoms with E-state index in [2.05, 4.69) is 6.92 Å². The van der Waals surface area contributed by atoms with E-state index in [1.807, 2.05) is 36.4 Å². The Balaban J connectivity index is 1.92. The van der Waals surface area contributed by atoms with Crippen molar-refractivity contribution in [3.05, 3.63) is 36.4 Å². The molecule has 0 saturated heterocycles. The molecule has 0 bridgehead atoms. The first-order valence-corrected chi connectivity index (χ1v) is 7.69. The van der Waals surface area contributed by atoms with Gasteiger partial charge in [0.05, 0.1) is 6.10 Å². The molecule has 0 heterocycles. The second-order valence-electron chi connectivity index (χ2n) is 6.07. The van der Waals surface area contributed by atoms with E-state index in [-0.39, 0.29) is 6.10 Å². The number of hydrogen-bond acceptors (Lipinski definition) is 3. The first kappa shape index (κ1) is 14.4. The molecule has 1 fully saturated rings. The Hall–Kier alpha value is -1.52. The van der Waals surface area contributed by atoms with Crippen molar-refractivity contribution in [1.82, 2.24) is 0 Å². The third-order valence-electron chi connectivity index (χ3n) is 4.45. The van der Waals surface area contributed by atoms with Gasteiger partial charge in [-0.2, -0.15) is 0 Å². The van der Waals surface area contributed by atoms with Crippen molar-refractivity contribution in [2.75, 3.05) is 0 Å². The van der Waals surface area contributed by atoms with Crippen LogP contribution in [0.1, 0.15) is 32.6 Å². The highest BCUT2D eigenvalue weighted by atomic mass is 16.5. The lowest BCUT2D eigenvalue weighted by atomic mass is 9.76. The van der Waals surface area contributed by atoms with E-state index in [0.29, 0.717) is 11.2 Å². The van der Waals surface area contributed by atoms with Crippen LogP contribution in [0.25, 0.3) is 10.8 Å². The number of rotatable bonds is 3. The summed E-state index contributed by atoms with van der Waals surface area (Å²) in [5.74, 6) is 1.37. The predicted molar refractivity (Wildman–Crippen MR) is 85.8 cm³/mol. The highest BCUT2D eigenvalue weighted by Gasteiger charge is 2.24. The minimum atomic E-state index is -1.52. The lowest BCUT2D eigenvalue weighted by Crippen LogP contribution is -2.34. The third-order valence-corrected chi connectivity index (χ3v) is 4.45. The van der Waals surface area contributed by atoms with Gasteiger partial charge in [0.15, 0.2) is 0 Å². The Morgan fingerprint density at radius 2 is 1.71 bits per heavy atom. The molecule has 0 aliphatic heterocycles. The molecule has 4 heteroatoms. The molecule has 1 aliphatic rings. The highest BCUT2D eigenvalue weighted by molar-refractivity contribution is 6.63. The van der Waals surface area contributed by atoms with Crippen molar-refractivity contribution in [3.63, 3.8) is 0 Å². The minimum Gasteiger partial charge on any atom is -0.491 e. The fourth-order valence-electron chi connectivity index (χ4n) is 3.17. The summed E-state index contributed by atoms with van der Waals surface area (Å²) in [6.45, 7) is 2.27. The normalized spacial score (nSPS) is 22.2. The van der Waals surface area contributed by atoms with Crippen molar-refractivity contribution in [2.24, 2.45) is 5.92 Å². The van der Waals surface area contributed by atoms with Crippen LogP contribution in [0.2, 0.25) is 0 Å². The third kappa shape index (κ3) is 3.06. The lowest BCUT2D eigenvalue weighted by molar-refractivity contribution is 0.136. The summed E-state index contributed by atoms with van der Waals surface area (Å²) < 4.78 is 6.08. The van der Waals surface area contributed by atoms with Gasteiger partial charge in [-0.25, -0.2) is 0 Å². The van der Waals surface area contributed by atoms with Gasteiger partial charge in [0.1, 0.15) is 5.75 Å². The largest absolute Gasteiger partial charge is 0.492 e. The van der Waals surface area contributed by atoms with E-state index in [1.165, 1.54) is 12.8 Å². The molecule has 1 aliphatic carbocycles. The molecule has 1 saturated carbocycles. The van der Waals surface area contributed by atoms with Crippen molar-refractivity contribution in [1.29, 1.82) is 0 Å². The van der Waals surface area contributed by atoms with Crippen LogP contribution in [0, 0.1) is 5.92 Å². The zero-order valence-corrected chi connectivity index (χ0v) is 12.3. The Morgan fingerprint density at radius 3 is 2.43 bits per heavy atom. The van der Waals surface area contributed by atoms with E-state index in [4.69, 9.17) is 4.74 Å². The van der Waals surface area contributed by atoms with Crippen molar-refractivity contribution in [3.8, 4) is 5.75 Å². The van der Waals surface area contributed by atoms with E-state index >= 15 is 0 Å². The van der Waals surface area contributed by atoms with Crippen molar-refractivity contribution >= 4 is 23.4 Å². The highest BCUT2D eigenvalue weighted by Crippen LogP contribution is 2.28. The van der Waals surface area contributed by atoms with Crippen molar-refractivity contribution in [2.45, 2.75) is 38.7 Å². The molecule has 0 unspecified atom stereocenters. The first-order chi connectivity index (χ1) is 10.1. The maximum atomic E-state index is 9.75. The summed E-state index contributed by atoms with van der Waals surface area (Å²) in [7, 11) is -1.52. The van der Waals surface area contributed by atoms with E-state index in [1.54, 1.807) is 0 Å². The van der Waals surface area contributed by atoms with E-state index in [0.717, 1.165) is 29.5 Å². The fourth-order valence-corrected chi connectivity index (χ4v) is 3.17. The summed E-state index contributed by atoms with van der Waals surface area (Å²) in [5, 5.41) is 21.3. The molecule has 3 rings (SSSR count). The monoisotopic (exact) mass is 284 g/mol. The zero-order chi connectivity index (χ0) is 14.8. The molecular weight excluding hydrogens is 263 g/mol. The maximum absolute atomic E-state index is 9.75. The molecule has 0 amide bonds. The van der Waals surface area contributed by atoms with Gasteiger partial charge in [-0.15, -0.1) is 0 Å². The van der Waals surface area contributed by atoms with Gasteiger partial charge >= 0.3 is 7.12 Å². The second-order valence-corrected chi connectivity index (χ2v) is 6.07. The van der Waals surface area contributed by atoms with Gasteiger partial charge in [-0.1, -0.05) is 37.3 Å². The van der Waals surface area contributed by atoms with Crippen LogP contribution in [0.4, 0.5) is 0 Å². The summed E-state index contributed by atoms with van der Waals surface area (Å²) >= 11 is 0. The molecule has 3 nitrogen and oxygen atoms in total. The molecule has 110 valence electrons. The zero-order valence-electron chi connectivity index (χ0n) is 12.3. The van der Waals surface area contributed by atoms with Crippen molar-refractivity contribution < 1.29 is 14.8 Å². The Morgan fingerprint density at radius 1 is 1.00 bits per heavy atom. The summed E-state index contributed by atoms with van der Waals surface area (Å²) in [4.78, 5) is 0. The summed E-state index contributed by atoms with van der Waals surface area (Å²) in [5.41, 5.74) is 0.478. The fraction of sp³-hybridized carbons (Fsp3) is 0.412. The lowest BCUT2D eigenvalue weighted by Gasteiger charge is -2.28. The molecule has 21 heavy (non-hydrogen) atoms. The molecule has 2 aromatic rings. The van der Waals surface area contributed by atoms with Gasteiger partial charge in [-0.05, 0) is 48.4 Å². The van der Waals surface area contributed by atoms with Gasteiger partial charge in [-0.3, -0.25) is 0 Å². The molecule has 2 N–H and O–H groups in total. The number of benzene rings is 2. The number of ether oxygens (including phenoxy) is 1. The van der Waals surface area contributed by atoms with Gasteiger partial charge in [0.2, 0.25) is 0 Å². The minimum absolute atomic E-state index is 0.180. The number of fused-ring (bicyclic) bond motifs is 1. The molecule has 2 aromatic carbocycles. The molecular formula is C17H21BO3. The molecule has 0 radical (unpaired) electrons. The van der Waals surface area contributed by atoms with Crippen LogP contribution in [0.3, 0.4) is 0 Å². The first-order valence-electron chi connectivity index (χ1n) is 7.69. The van der Waals surface area contributed by atoms with Crippen LogP contribution in [0.15, 0.2) is 36.4 Å². The van der Waals surface area contributed by atoms with Gasteiger partial charge in [0, 0.05) is 5.46 Å².